The Balaban J connectivity index is 1.54. The third-order valence-corrected chi connectivity index (χ3v) is 7.01. The molecule has 0 radical (unpaired) electrons. The molecule has 1 saturated heterocycles. The van der Waals surface area contributed by atoms with E-state index in [9.17, 15) is 14.4 Å². The molecular formula is C28H23N3O5. The lowest BCUT2D eigenvalue weighted by molar-refractivity contribution is -0.120. The zero-order chi connectivity index (χ0) is 25.0. The number of nitrogens with one attached hydrogen (secondary N) is 1. The van der Waals surface area contributed by atoms with Crippen molar-refractivity contribution in [3.05, 3.63) is 95.2 Å². The Hall–Kier alpha value is -4.59. The maximum Gasteiger partial charge on any atom is 0.339 e. The van der Waals surface area contributed by atoms with Gasteiger partial charge in [-0.1, -0.05) is 42.5 Å². The third-order valence-electron chi connectivity index (χ3n) is 7.01. The van der Waals surface area contributed by atoms with Crippen LogP contribution in [0, 0.1) is 0 Å². The summed E-state index contributed by atoms with van der Waals surface area (Å²) in [4.78, 5) is 46.6. The number of para-hydroxylation sites is 2. The molecule has 36 heavy (non-hydrogen) atoms. The Bertz CT molecular complexity index is 1540. The van der Waals surface area contributed by atoms with Crippen molar-refractivity contribution < 1.29 is 23.9 Å². The molecule has 8 nitrogen and oxygen atoms in total. The second-order valence-electron chi connectivity index (χ2n) is 8.83. The van der Waals surface area contributed by atoms with Gasteiger partial charge in [-0.25, -0.2) is 14.5 Å². The number of rotatable bonds is 4. The molecule has 3 heterocycles. The number of aromatic amines is 1. The van der Waals surface area contributed by atoms with Gasteiger partial charge in [0.25, 0.3) is 5.91 Å². The summed E-state index contributed by atoms with van der Waals surface area (Å²) in [5.74, 6) is -0.338. The van der Waals surface area contributed by atoms with E-state index in [1.165, 1.54) is 7.11 Å². The molecule has 0 spiro atoms. The minimum atomic E-state index is -0.730. The van der Waals surface area contributed by atoms with Crippen LogP contribution in [-0.2, 0) is 16.0 Å². The van der Waals surface area contributed by atoms with Crippen LogP contribution in [0.3, 0.4) is 0 Å². The van der Waals surface area contributed by atoms with Gasteiger partial charge in [-0.3, -0.25) is 9.69 Å². The van der Waals surface area contributed by atoms with Crippen LogP contribution in [0.5, 0.6) is 5.75 Å². The second kappa shape index (κ2) is 8.27. The van der Waals surface area contributed by atoms with Gasteiger partial charge < -0.3 is 14.5 Å². The summed E-state index contributed by atoms with van der Waals surface area (Å²) in [6.07, 6.45) is 0.362. The highest BCUT2D eigenvalue weighted by atomic mass is 16.5. The normalized spacial score (nSPS) is 18.8. The molecule has 1 fully saturated rings. The standard InChI is InChI=1S/C28H23N3O5/c1-35-17-9-7-8-16(14-17)25-24-20(18-10-3-5-12-21(18)29-24)15-23-26(32)31(28(34)30(23)25)22-13-6-4-11-19(22)27(33)36-2/h3-14,23,25,29H,15H2,1-2H3/t23-,25-/m0/s1. The first-order valence-corrected chi connectivity index (χ1v) is 11.6. The van der Waals surface area contributed by atoms with Crippen molar-refractivity contribution in [2.45, 2.75) is 18.5 Å². The fourth-order valence-corrected chi connectivity index (χ4v) is 5.41. The van der Waals surface area contributed by atoms with E-state index in [1.54, 1.807) is 36.3 Å². The number of fused-ring (bicyclic) bond motifs is 4. The molecule has 0 aliphatic carbocycles. The minimum Gasteiger partial charge on any atom is -0.497 e. The molecule has 0 bridgehead atoms. The van der Waals surface area contributed by atoms with Crippen LogP contribution >= 0.6 is 0 Å². The molecule has 6 rings (SSSR count). The molecule has 2 aliphatic rings. The van der Waals surface area contributed by atoms with Crippen molar-refractivity contribution in [1.82, 2.24) is 9.88 Å². The van der Waals surface area contributed by atoms with Crippen molar-refractivity contribution >= 4 is 34.5 Å². The van der Waals surface area contributed by atoms with Crippen LogP contribution in [0.1, 0.15) is 33.2 Å². The number of esters is 1. The van der Waals surface area contributed by atoms with Crippen molar-refractivity contribution in [3.8, 4) is 5.75 Å². The number of carbonyl (C=O) groups is 3. The number of H-pyrrole nitrogens is 1. The Morgan fingerprint density at radius 2 is 1.75 bits per heavy atom. The number of carbonyl (C=O) groups excluding carboxylic acids is 3. The van der Waals surface area contributed by atoms with E-state index in [0.29, 0.717) is 12.2 Å². The van der Waals surface area contributed by atoms with E-state index in [2.05, 4.69) is 4.98 Å². The lowest BCUT2D eigenvalue weighted by Crippen LogP contribution is -2.44. The molecule has 1 aromatic heterocycles. The van der Waals surface area contributed by atoms with Crippen molar-refractivity contribution in [2.24, 2.45) is 0 Å². The number of nitrogens with zero attached hydrogens (tertiary/aromatic N) is 2. The molecule has 2 aliphatic heterocycles. The number of hydrogen-bond donors (Lipinski definition) is 1. The summed E-state index contributed by atoms with van der Waals surface area (Å²) in [6, 6.07) is 20.2. The van der Waals surface area contributed by atoms with E-state index >= 15 is 0 Å². The van der Waals surface area contributed by atoms with Gasteiger partial charge in [-0.15, -0.1) is 0 Å². The molecule has 3 amide bonds. The predicted octanol–water partition coefficient (Wildman–Crippen LogP) is 4.45. The largest absolute Gasteiger partial charge is 0.497 e. The number of ether oxygens (including phenoxy) is 2. The molecule has 2 atom stereocenters. The Kier molecular flexibility index (Phi) is 5.03. The van der Waals surface area contributed by atoms with Crippen LogP contribution in [0.15, 0.2) is 72.8 Å². The Labute approximate surface area is 207 Å². The predicted molar refractivity (Wildman–Crippen MR) is 133 cm³/mol. The van der Waals surface area contributed by atoms with Crippen LogP contribution < -0.4 is 9.64 Å². The average molecular weight is 482 g/mol. The van der Waals surface area contributed by atoms with Gasteiger partial charge in [0.2, 0.25) is 0 Å². The molecule has 4 aromatic rings. The number of hydrogen-bond acceptors (Lipinski definition) is 5. The Morgan fingerprint density at radius 1 is 0.972 bits per heavy atom. The monoisotopic (exact) mass is 481 g/mol. The van der Waals surface area contributed by atoms with Gasteiger partial charge in [0.1, 0.15) is 17.8 Å². The maximum absolute atomic E-state index is 14.0. The third kappa shape index (κ3) is 3.11. The lowest BCUT2D eigenvalue weighted by atomic mass is 9.89. The van der Waals surface area contributed by atoms with Crippen molar-refractivity contribution in [2.75, 3.05) is 19.1 Å². The molecule has 1 N–H and O–H groups in total. The topological polar surface area (TPSA) is 91.9 Å². The van der Waals surface area contributed by atoms with Gasteiger partial charge in [-0.05, 0) is 41.5 Å². The van der Waals surface area contributed by atoms with Crippen LogP contribution in [-0.4, -0.2) is 48.1 Å². The highest BCUT2D eigenvalue weighted by Gasteiger charge is 2.53. The molecule has 3 aromatic carbocycles. The number of imide groups is 1. The van der Waals surface area contributed by atoms with Gasteiger partial charge in [0.05, 0.1) is 25.5 Å². The summed E-state index contributed by atoms with van der Waals surface area (Å²) in [5.41, 5.74) is 4.00. The van der Waals surface area contributed by atoms with Crippen molar-refractivity contribution in [3.63, 3.8) is 0 Å². The summed E-state index contributed by atoms with van der Waals surface area (Å²) in [7, 11) is 2.86. The van der Waals surface area contributed by atoms with Gasteiger partial charge >= 0.3 is 12.0 Å². The highest BCUT2D eigenvalue weighted by Crippen LogP contribution is 2.45. The summed E-state index contributed by atoms with van der Waals surface area (Å²) in [6.45, 7) is 0. The van der Waals surface area contributed by atoms with E-state index in [0.717, 1.165) is 32.6 Å². The van der Waals surface area contributed by atoms with Crippen LogP contribution in [0.25, 0.3) is 10.9 Å². The van der Waals surface area contributed by atoms with Crippen molar-refractivity contribution in [1.29, 1.82) is 0 Å². The fraction of sp³-hybridized carbons (Fsp3) is 0.179. The zero-order valence-electron chi connectivity index (χ0n) is 19.7. The zero-order valence-corrected chi connectivity index (χ0v) is 19.7. The number of methoxy groups -OCH3 is 2. The molecular weight excluding hydrogens is 458 g/mol. The first-order valence-electron chi connectivity index (χ1n) is 11.6. The summed E-state index contributed by atoms with van der Waals surface area (Å²) >= 11 is 0. The van der Waals surface area contributed by atoms with Crippen LogP contribution in [0.2, 0.25) is 0 Å². The lowest BCUT2D eigenvalue weighted by Gasteiger charge is -2.36. The van der Waals surface area contributed by atoms with E-state index < -0.39 is 24.1 Å². The first-order chi connectivity index (χ1) is 17.5. The van der Waals surface area contributed by atoms with Gasteiger partial charge in [-0.2, -0.15) is 0 Å². The quantitative estimate of drug-likeness (QED) is 0.344. The summed E-state index contributed by atoms with van der Waals surface area (Å²) < 4.78 is 10.4. The van der Waals surface area contributed by atoms with Crippen LogP contribution in [0.4, 0.5) is 10.5 Å². The van der Waals surface area contributed by atoms with E-state index in [-0.39, 0.29) is 17.2 Å². The molecule has 8 heteroatoms. The van der Waals surface area contributed by atoms with E-state index in [4.69, 9.17) is 9.47 Å². The smallest absolute Gasteiger partial charge is 0.339 e. The second-order valence-corrected chi connectivity index (χ2v) is 8.83. The average Bonchev–Trinajstić information content (AvgIpc) is 3.41. The number of urea groups is 1. The first kappa shape index (κ1) is 21.9. The number of amides is 3. The fourth-order valence-electron chi connectivity index (χ4n) is 5.41. The number of aromatic nitrogens is 1. The highest BCUT2D eigenvalue weighted by molar-refractivity contribution is 6.23. The summed E-state index contributed by atoms with van der Waals surface area (Å²) in [5, 5.41) is 1.02. The molecule has 180 valence electrons. The number of benzene rings is 3. The minimum absolute atomic E-state index is 0.156. The SMILES string of the molecule is COC(=O)c1ccccc1N1C(=O)[C@@H]2Cc3c([nH]c4ccccc34)[C@H](c3cccc(OC)c3)N2C1=O. The van der Waals surface area contributed by atoms with E-state index in [1.807, 2.05) is 48.5 Å². The van der Waals surface area contributed by atoms with Gasteiger partial charge in [0, 0.05) is 23.0 Å². The molecule has 0 saturated carbocycles. The van der Waals surface area contributed by atoms with Gasteiger partial charge in [0.15, 0.2) is 0 Å². The molecule has 0 unspecified atom stereocenters. The Morgan fingerprint density at radius 3 is 2.56 bits per heavy atom. The maximum atomic E-state index is 14.0. The number of anilines is 1.